The summed E-state index contributed by atoms with van der Waals surface area (Å²) in [5.74, 6) is -0.539. The molecule has 0 radical (unpaired) electrons. The van der Waals surface area contributed by atoms with Crippen LogP contribution in [0.4, 0.5) is 0 Å². The van der Waals surface area contributed by atoms with Crippen molar-refractivity contribution in [1.82, 2.24) is 9.88 Å². The lowest BCUT2D eigenvalue weighted by atomic mass is 10.1. The van der Waals surface area contributed by atoms with Gasteiger partial charge in [-0.2, -0.15) is 0 Å². The van der Waals surface area contributed by atoms with Crippen LogP contribution in [0.25, 0.3) is 0 Å². The molecule has 0 unspecified atom stereocenters. The van der Waals surface area contributed by atoms with Crippen molar-refractivity contribution in [3.63, 3.8) is 0 Å². The van der Waals surface area contributed by atoms with Gasteiger partial charge in [0.1, 0.15) is 5.69 Å². The first-order valence-corrected chi connectivity index (χ1v) is 8.62. The van der Waals surface area contributed by atoms with Crippen LogP contribution in [-0.4, -0.2) is 29.6 Å². The van der Waals surface area contributed by atoms with E-state index in [1.807, 2.05) is 25.1 Å². The highest BCUT2D eigenvalue weighted by molar-refractivity contribution is 6.01. The highest BCUT2D eigenvalue weighted by atomic mass is 16.5. The van der Waals surface area contributed by atoms with Gasteiger partial charge in [-0.15, -0.1) is 0 Å². The van der Waals surface area contributed by atoms with Gasteiger partial charge < -0.3 is 14.6 Å². The summed E-state index contributed by atoms with van der Waals surface area (Å²) in [4.78, 5) is 24.7. The molecule has 2 rings (SSSR count). The van der Waals surface area contributed by atoms with Crippen molar-refractivity contribution in [2.24, 2.45) is 7.05 Å². The number of carbonyl (C=O) groups is 2. The third kappa shape index (κ3) is 4.29. The zero-order valence-corrected chi connectivity index (χ0v) is 15.4. The Balaban J connectivity index is 2.02. The summed E-state index contributed by atoms with van der Waals surface area (Å²) < 4.78 is 6.82. The van der Waals surface area contributed by atoms with Crippen LogP contribution in [0.15, 0.2) is 30.3 Å². The molecule has 1 aromatic carbocycles. The first-order chi connectivity index (χ1) is 12.0. The molecule has 2 aromatic rings. The van der Waals surface area contributed by atoms with E-state index in [-0.39, 0.29) is 5.91 Å². The maximum Gasteiger partial charge on any atom is 0.355 e. The Kier molecular flexibility index (Phi) is 6.39. The number of carbonyl (C=O) groups excluding carboxylic acids is 2. The monoisotopic (exact) mass is 342 g/mol. The second kappa shape index (κ2) is 8.51. The van der Waals surface area contributed by atoms with E-state index < -0.39 is 5.97 Å². The van der Waals surface area contributed by atoms with Gasteiger partial charge in [-0.25, -0.2) is 4.79 Å². The Hall–Kier alpha value is -2.56. The third-order valence-electron chi connectivity index (χ3n) is 4.40. The summed E-state index contributed by atoms with van der Waals surface area (Å²) in [7, 11) is 1.78. The molecule has 0 saturated heterocycles. The van der Waals surface area contributed by atoms with Gasteiger partial charge in [0.25, 0.3) is 5.91 Å². The Bertz CT molecular complexity index is 748. The minimum Gasteiger partial charge on any atom is -0.461 e. The molecule has 0 aliphatic rings. The van der Waals surface area contributed by atoms with Crippen molar-refractivity contribution in [3.05, 3.63) is 58.4 Å². The van der Waals surface area contributed by atoms with Crippen molar-refractivity contribution in [3.8, 4) is 0 Å². The topological polar surface area (TPSA) is 60.3 Å². The maximum atomic E-state index is 12.6. The van der Waals surface area contributed by atoms with E-state index in [0.717, 1.165) is 18.5 Å². The van der Waals surface area contributed by atoms with E-state index >= 15 is 0 Å². The van der Waals surface area contributed by atoms with Crippen LogP contribution < -0.4 is 5.32 Å². The first kappa shape index (κ1) is 18.8. The Morgan fingerprint density at radius 2 is 1.84 bits per heavy atom. The molecule has 0 atom stereocenters. The zero-order valence-electron chi connectivity index (χ0n) is 15.4. The van der Waals surface area contributed by atoms with Gasteiger partial charge in [0.05, 0.1) is 12.2 Å². The molecule has 5 heteroatoms. The number of nitrogens with zero attached hydrogens (tertiary/aromatic N) is 1. The van der Waals surface area contributed by atoms with Crippen LogP contribution in [0.1, 0.15) is 51.0 Å². The smallest absolute Gasteiger partial charge is 0.355 e. The summed E-state index contributed by atoms with van der Waals surface area (Å²) in [6, 6.07) is 10.2. The molecule has 0 aliphatic heterocycles. The predicted molar refractivity (Wildman–Crippen MR) is 97.9 cm³/mol. The van der Waals surface area contributed by atoms with E-state index in [0.29, 0.717) is 30.0 Å². The summed E-state index contributed by atoms with van der Waals surface area (Å²) in [5.41, 5.74) is 3.69. The third-order valence-corrected chi connectivity index (χ3v) is 4.40. The molecular formula is C20H26N2O3. The fraction of sp³-hybridized carbons (Fsp3) is 0.400. The fourth-order valence-corrected chi connectivity index (χ4v) is 3.03. The van der Waals surface area contributed by atoms with Crippen molar-refractivity contribution < 1.29 is 14.3 Å². The molecule has 0 spiro atoms. The molecular weight excluding hydrogens is 316 g/mol. The predicted octanol–water partition coefficient (Wildman–Crippen LogP) is 3.18. The van der Waals surface area contributed by atoms with Gasteiger partial charge in [0, 0.05) is 19.3 Å². The lowest BCUT2D eigenvalue weighted by Gasteiger charge is -2.06. The van der Waals surface area contributed by atoms with Gasteiger partial charge in [0.2, 0.25) is 0 Å². The lowest BCUT2D eigenvalue weighted by Crippen LogP contribution is -2.26. The first-order valence-electron chi connectivity index (χ1n) is 8.62. The number of ether oxygens (including phenoxy) is 1. The van der Waals surface area contributed by atoms with Crippen molar-refractivity contribution >= 4 is 11.9 Å². The molecule has 0 aliphatic carbocycles. The van der Waals surface area contributed by atoms with E-state index in [1.165, 1.54) is 5.56 Å². The molecule has 1 aromatic heterocycles. The van der Waals surface area contributed by atoms with Crippen molar-refractivity contribution in [2.75, 3.05) is 13.2 Å². The SMILES string of the molecule is CCOC(=O)c1c(C)c(C(=O)NCCCc2ccccc2)c(C)n1C. The Morgan fingerprint density at radius 1 is 1.16 bits per heavy atom. The number of nitrogens with one attached hydrogen (secondary N) is 1. The van der Waals surface area contributed by atoms with Gasteiger partial charge in [-0.05, 0) is 44.7 Å². The highest BCUT2D eigenvalue weighted by Gasteiger charge is 2.25. The standard InChI is InChI=1S/C20H26N2O3/c1-5-25-20(24)18-14(2)17(15(3)22(18)4)19(23)21-13-9-12-16-10-7-6-8-11-16/h6-8,10-11H,5,9,12-13H2,1-4H3,(H,21,23). The molecule has 1 heterocycles. The minimum absolute atomic E-state index is 0.144. The summed E-state index contributed by atoms with van der Waals surface area (Å²) in [5, 5.41) is 2.96. The summed E-state index contributed by atoms with van der Waals surface area (Å²) in [6.45, 7) is 6.30. The molecule has 0 bridgehead atoms. The van der Waals surface area contributed by atoms with Crippen LogP contribution >= 0.6 is 0 Å². The second-order valence-electron chi connectivity index (χ2n) is 6.06. The lowest BCUT2D eigenvalue weighted by molar-refractivity contribution is 0.0514. The number of aromatic nitrogens is 1. The summed E-state index contributed by atoms with van der Waals surface area (Å²) >= 11 is 0. The van der Waals surface area contributed by atoms with Gasteiger partial charge in [0.15, 0.2) is 0 Å². The van der Waals surface area contributed by atoms with Crippen LogP contribution in [0.5, 0.6) is 0 Å². The number of hydrogen-bond donors (Lipinski definition) is 1. The number of benzene rings is 1. The molecule has 25 heavy (non-hydrogen) atoms. The highest BCUT2D eigenvalue weighted by Crippen LogP contribution is 2.22. The van der Waals surface area contributed by atoms with Crippen LogP contribution in [0.3, 0.4) is 0 Å². The largest absolute Gasteiger partial charge is 0.461 e. The number of aryl methyl sites for hydroxylation is 1. The van der Waals surface area contributed by atoms with Crippen LogP contribution in [0.2, 0.25) is 0 Å². The van der Waals surface area contributed by atoms with Gasteiger partial charge in [-0.1, -0.05) is 30.3 Å². The van der Waals surface area contributed by atoms with E-state index in [1.54, 1.807) is 25.5 Å². The van der Waals surface area contributed by atoms with E-state index in [9.17, 15) is 9.59 Å². The Morgan fingerprint density at radius 3 is 2.48 bits per heavy atom. The molecule has 5 nitrogen and oxygen atoms in total. The van der Waals surface area contributed by atoms with E-state index in [2.05, 4.69) is 17.4 Å². The van der Waals surface area contributed by atoms with Gasteiger partial charge in [-0.3, -0.25) is 4.79 Å². The zero-order chi connectivity index (χ0) is 18.4. The van der Waals surface area contributed by atoms with Crippen LogP contribution in [-0.2, 0) is 18.2 Å². The molecule has 1 amide bonds. The maximum absolute atomic E-state index is 12.6. The number of esters is 1. The Labute approximate surface area is 149 Å². The molecule has 0 saturated carbocycles. The minimum atomic E-state index is -0.395. The number of rotatable bonds is 7. The molecule has 134 valence electrons. The van der Waals surface area contributed by atoms with Crippen molar-refractivity contribution in [2.45, 2.75) is 33.6 Å². The summed E-state index contributed by atoms with van der Waals surface area (Å²) in [6.07, 6.45) is 1.79. The van der Waals surface area contributed by atoms with E-state index in [4.69, 9.17) is 4.74 Å². The quantitative estimate of drug-likeness (QED) is 0.621. The average Bonchev–Trinajstić information content (AvgIpc) is 2.82. The average molecular weight is 342 g/mol. The van der Waals surface area contributed by atoms with Gasteiger partial charge >= 0.3 is 5.97 Å². The molecule has 1 N–H and O–H groups in total. The van der Waals surface area contributed by atoms with Crippen molar-refractivity contribution in [1.29, 1.82) is 0 Å². The second-order valence-corrected chi connectivity index (χ2v) is 6.06. The fourth-order valence-electron chi connectivity index (χ4n) is 3.03. The van der Waals surface area contributed by atoms with Crippen LogP contribution in [0, 0.1) is 13.8 Å². The normalized spacial score (nSPS) is 10.6. The number of hydrogen-bond acceptors (Lipinski definition) is 3. The molecule has 0 fully saturated rings. The number of amides is 1.